The highest BCUT2D eigenvalue weighted by atomic mass is 35.5. The van der Waals surface area contributed by atoms with E-state index in [1.54, 1.807) is 11.8 Å². The Morgan fingerprint density at radius 2 is 1.86 bits per heavy atom. The Kier molecular flexibility index (Phi) is 7.34. The van der Waals surface area contributed by atoms with Crippen LogP contribution in [0.3, 0.4) is 0 Å². The number of nitrogens with one attached hydrogen (secondary N) is 1. The van der Waals surface area contributed by atoms with Gasteiger partial charge in [0, 0.05) is 16.5 Å². The second-order valence-electron chi connectivity index (χ2n) is 7.52. The molecule has 0 fully saturated rings. The van der Waals surface area contributed by atoms with Gasteiger partial charge in [-0.1, -0.05) is 62.3 Å². The van der Waals surface area contributed by atoms with E-state index in [-0.39, 0.29) is 5.41 Å². The fourth-order valence-corrected chi connectivity index (χ4v) is 3.42. The van der Waals surface area contributed by atoms with Crippen LogP contribution in [-0.4, -0.2) is 27.3 Å². The van der Waals surface area contributed by atoms with Crippen molar-refractivity contribution < 1.29 is 4.74 Å². The van der Waals surface area contributed by atoms with E-state index in [0.29, 0.717) is 29.2 Å². The molecule has 3 aromatic rings. The highest BCUT2D eigenvalue weighted by Gasteiger charge is 2.13. The molecule has 3 rings (SSSR count). The molecule has 0 aliphatic carbocycles. The summed E-state index contributed by atoms with van der Waals surface area (Å²) in [6.45, 7) is 7.70. The van der Waals surface area contributed by atoms with Crippen LogP contribution in [0.4, 0.5) is 5.69 Å². The van der Waals surface area contributed by atoms with Crippen LogP contribution < -0.4 is 10.1 Å². The molecule has 0 aliphatic rings. The molecule has 0 radical (unpaired) electrons. The van der Waals surface area contributed by atoms with Crippen molar-refractivity contribution >= 4 is 29.1 Å². The van der Waals surface area contributed by atoms with Crippen LogP contribution in [0.2, 0.25) is 5.02 Å². The monoisotopic (exact) mass is 428 g/mol. The predicted octanol–water partition coefficient (Wildman–Crippen LogP) is 5.61. The average Bonchev–Trinajstić information content (AvgIpc) is 2.70. The molecular formula is C22H25ClN4OS. The Morgan fingerprint density at radius 3 is 2.59 bits per heavy atom. The topological polar surface area (TPSA) is 59.9 Å². The Hall–Kier alpha value is -2.31. The zero-order chi connectivity index (χ0) is 20.7. The Morgan fingerprint density at radius 1 is 1.07 bits per heavy atom. The van der Waals surface area contributed by atoms with Crippen molar-refractivity contribution in [3.63, 3.8) is 0 Å². The van der Waals surface area contributed by atoms with Crippen LogP contribution in [0, 0.1) is 0 Å². The minimum absolute atomic E-state index is 0.145. The third-order valence-electron chi connectivity index (χ3n) is 4.18. The van der Waals surface area contributed by atoms with Crippen molar-refractivity contribution in [2.45, 2.75) is 37.9 Å². The smallest absolute Gasteiger partial charge is 0.190 e. The third kappa shape index (κ3) is 6.91. The number of nitrogens with zero attached hydrogens (tertiary/aromatic N) is 3. The number of aromatic nitrogens is 3. The molecule has 0 bridgehead atoms. The van der Waals surface area contributed by atoms with Crippen LogP contribution in [0.25, 0.3) is 0 Å². The molecule has 0 atom stereocenters. The number of rotatable bonds is 8. The lowest BCUT2D eigenvalue weighted by Gasteiger charge is -2.19. The van der Waals surface area contributed by atoms with Gasteiger partial charge in [-0.2, -0.15) is 0 Å². The molecule has 0 spiro atoms. The summed E-state index contributed by atoms with van der Waals surface area (Å²) in [5.41, 5.74) is 2.37. The van der Waals surface area contributed by atoms with E-state index < -0.39 is 0 Å². The highest BCUT2D eigenvalue weighted by molar-refractivity contribution is 7.99. The molecule has 29 heavy (non-hydrogen) atoms. The summed E-state index contributed by atoms with van der Waals surface area (Å²) in [6, 6.07) is 15.8. The maximum atomic E-state index is 6.00. The van der Waals surface area contributed by atoms with Gasteiger partial charge in [0.05, 0.1) is 13.2 Å². The molecule has 0 amide bonds. The molecule has 2 aromatic carbocycles. The van der Waals surface area contributed by atoms with E-state index in [2.05, 4.69) is 53.2 Å². The first kappa shape index (κ1) is 21.4. The number of benzene rings is 2. The fourth-order valence-electron chi connectivity index (χ4n) is 2.59. The second kappa shape index (κ2) is 9.94. The van der Waals surface area contributed by atoms with E-state index in [0.717, 1.165) is 17.2 Å². The number of hydrogen-bond donors (Lipinski definition) is 1. The van der Waals surface area contributed by atoms with Gasteiger partial charge in [-0.25, -0.2) is 15.0 Å². The number of halogens is 1. The van der Waals surface area contributed by atoms with Crippen molar-refractivity contribution in [2.24, 2.45) is 0 Å². The summed E-state index contributed by atoms with van der Waals surface area (Å²) in [5.74, 6) is 2.31. The van der Waals surface area contributed by atoms with Crippen LogP contribution in [0.15, 0.2) is 60.0 Å². The summed E-state index contributed by atoms with van der Waals surface area (Å²) >= 11 is 7.55. The molecule has 0 saturated heterocycles. The van der Waals surface area contributed by atoms with Crippen molar-refractivity contribution in [1.82, 2.24) is 15.0 Å². The van der Waals surface area contributed by atoms with Gasteiger partial charge < -0.3 is 10.1 Å². The van der Waals surface area contributed by atoms with Crippen molar-refractivity contribution in [1.29, 1.82) is 0 Å². The van der Waals surface area contributed by atoms with Crippen molar-refractivity contribution in [2.75, 3.05) is 17.7 Å². The fraction of sp³-hybridized carbons (Fsp3) is 0.318. The normalized spacial score (nSPS) is 11.3. The molecule has 0 unspecified atom stereocenters. The lowest BCUT2D eigenvalue weighted by molar-refractivity contribution is 0.343. The first-order chi connectivity index (χ1) is 13.9. The molecule has 7 heteroatoms. The van der Waals surface area contributed by atoms with Gasteiger partial charge in [-0.3, -0.25) is 0 Å². The van der Waals surface area contributed by atoms with Gasteiger partial charge in [0.1, 0.15) is 12.1 Å². The minimum atomic E-state index is 0.145. The minimum Gasteiger partial charge on any atom is -0.493 e. The SMILES string of the molecule is CC(C)(C)c1ccc(OCCSc2ncnc(CNc3cccc(Cl)c3)n2)cc1. The van der Waals surface area contributed by atoms with Crippen LogP contribution in [-0.2, 0) is 12.0 Å². The van der Waals surface area contributed by atoms with E-state index >= 15 is 0 Å². The van der Waals surface area contributed by atoms with Crippen LogP contribution >= 0.6 is 23.4 Å². The van der Waals surface area contributed by atoms with E-state index in [9.17, 15) is 0 Å². The van der Waals surface area contributed by atoms with E-state index in [1.165, 1.54) is 11.9 Å². The van der Waals surface area contributed by atoms with Gasteiger partial charge in [-0.15, -0.1) is 0 Å². The quantitative estimate of drug-likeness (QED) is 0.372. The first-order valence-corrected chi connectivity index (χ1v) is 10.8. The second-order valence-corrected chi connectivity index (χ2v) is 9.02. The summed E-state index contributed by atoms with van der Waals surface area (Å²) in [6.07, 6.45) is 1.54. The largest absolute Gasteiger partial charge is 0.493 e. The van der Waals surface area contributed by atoms with E-state index in [4.69, 9.17) is 16.3 Å². The lowest BCUT2D eigenvalue weighted by Crippen LogP contribution is -2.10. The zero-order valence-corrected chi connectivity index (χ0v) is 18.4. The van der Waals surface area contributed by atoms with Gasteiger partial charge in [0.25, 0.3) is 0 Å². The number of hydrogen-bond acceptors (Lipinski definition) is 6. The van der Waals surface area contributed by atoms with Gasteiger partial charge >= 0.3 is 0 Å². The highest BCUT2D eigenvalue weighted by Crippen LogP contribution is 2.24. The van der Waals surface area contributed by atoms with E-state index in [1.807, 2.05) is 36.4 Å². The standard InChI is InChI=1S/C22H25ClN4OS/c1-22(2,3)16-7-9-19(10-8-16)28-11-12-29-21-26-15-25-20(27-21)14-24-18-6-4-5-17(23)13-18/h4-10,13,15,24H,11-12,14H2,1-3H3. The molecule has 0 saturated carbocycles. The number of anilines is 1. The number of ether oxygens (including phenoxy) is 1. The molecular weight excluding hydrogens is 404 g/mol. The van der Waals surface area contributed by atoms with Crippen LogP contribution in [0.5, 0.6) is 5.75 Å². The summed E-state index contributed by atoms with van der Waals surface area (Å²) in [4.78, 5) is 12.9. The molecule has 5 nitrogen and oxygen atoms in total. The first-order valence-electron chi connectivity index (χ1n) is 9.44. The Bertz CT molecular complexity index is 929. The lowest BCUT2D eigenvalue weighted by atomic mass is 9.87. The summed E-state index contributed by atoms with van der Waals surface area (Å²) in [5, 5.41) is 4.64. The maximum Gasteiger partial charge on any atom is 0.190 e. The van der Waals surface area contributed by atoms with Crippen LogP contribution in [0.1, 0.15) is 32.2 Å². The van der Waals surface area contributed by atoms with Gasteiger partial charge in [0.2, 0.25) is 0 Å². The van der Waals surface area contributed by atoms with Gasteiger partial charge in [0.15, 0.2) is 11.0 Å². The summed E-state index contributed by atoms with van der Waals surface area (Å²) in [7, 11) is 0. The molecule has 1 N–H and O–H groups in total. The number of thioether (sulfide) groups is 1. The summed E-state index contributed by atoms with van der Waals surface area (Å²) < 4.78 is 5.83. The average molecular weight is 429 g/mol. The Labute approximate surface area is 181 Å². The third-order valence-corrected chi connectivity index (χ3v) is 5.24. The van der Waals surface area contributed by atoms with Crippen molar-refractivity contribution in [3.8, 4) is 5.75 Å². The Balaban J connectivity index is 1.44. The van der Waals surface area contributed by atoms with Crippen molar-refractivity contribution in [3.05, 3.63) is 71.3 Å². The molecule has 0 aliphatic heterocycles. The molecule has 1 aromatic heterocycles. The van der Waals surface area contributed by atoms with Gasteiger partial charge in [-0.05, 0) is 41.3 Å². The molecule has 1 heterocycles. The zero-order valence-electron chi connectivity index (χ0n) is 16.9. The predicted molar refractivity (Wildman–Crippen MR) is 120 cm³/mol. The molecule has 152 valence electrons. The maximum absolute atomic E-state index is 6.00.